The second-order valence-corrected chi connectivity index (χ2v) is 5.26. The summed E-state index contributed by atoms with van der Waals surface area (Å²) < 4.78 is 1.66. The lowest BCUT2D eigenvalue weighted by molar-refractivity contribution is 0.0649. The van der Waals surface area contributed by atoms with E-state index in [1.165, 1.54) is 19.3 Å². The quantitative estimate of drug-likeness (QED) is 0.788. The number of alkyl halides is 1. The van der Waals surface area contributed by atoms with Crippen molar-refractivity contribution in [2.75, 3.05) is 12.4 Å². The Labute approximate surface area is 113 Å². The maximum Gasteiger partial charge on any atom is 0.257 e. The average molecular weight is 270 g/mol. The van der Waals surface area contributed by atoms with Crippen LogP contribution < -0.4 is 0 Å². The summed E-state index contributed by atoms with van der Waals surface area (Å²) in [5.41, 5.74) is 0.660. The fourth-order valence-electron chi connectivity index (χ4n) is 2.63. The molecule has 100 valence electrons. The lowest BCUT2D eigenvalue weighted by atomic mass is 9.94. The zero-order chi connectivity index (χ0) is 13.0. The maximum atomic E-state index is 12.5. The number of carbonyl (C=O) groups is 1. The Morgan fingerprint density at radius 1 is 1.50 bits per heavy atom. The Bertz CT molecular complexity index is 399. The molecule has 0 N–H and O–H groups in total. The van der Waals surface area contributed by atoms with Gasteiger partial charge >= 0.3 is 0 Å². The first-order chi connectivity index (χ1) is 8.72. The Kier molecular flexibility index (Phi) is 4.64. The first-order valence-corrected chi connectivity index (χ1v) is 7.11. The molecule has 1 saturated carbocycles. The van der Waals surface area contributed by atoms with Crippen LogP contribution in [0.1, 0.15) is 42.5 Å². The van der Waals surface area contributed by atoms with Crippen molar-refractivity contribution < 1.29 is 4.79 Å². The summed E-state index contributed by atoms with van der Waals surface area (Å²) in [6.07, 6.45) is 9.31. The normalized spacial score (nSPS) is 16.8. The van der Waals surface area contributed by atoms with Crippen LogP contribution in [0.2, 0.25) is 0 Å². The van der Waals surface area contributed by atoms with Gasteiger partial charge in [0.25, 0.3) is 5.91 Å². The summed E-state index contributed by atoms with van der Waals surface area (Å²) in [7, 11) is 1.82. The molecular formula is C13H20ClN3O. The summed E-state index contributed by atoms with van der Waals surface area (Å²) in [5.74, 6) is 0.554. The highest BCUT2D eigenvalue weighted by Gasteiger charge is 2.26. The van der Waals surface area contributed by atoms with E-state index in [1.54, 1.807) is 17.1 Å². The largest absolute Gasteiger partial charge is 0.334 e. The monoisotopic (exact) mass is 269 g/mol. The van der Waals surface area contributed by atoms with Crippen molar-refractivity contribution in [3.63, 3.8) is 0 Å². The molecule has 1 fully saturated rings. The molecule has 1 aliphatic carbocycles. The van der Waals surface area contributed by atoms with E-state index in [0.717, 1.165) is 12.8 Å². The lowest BCUT2D eigenvalue weighted by Gasteiger charge is -2.33. The molecule has 5 heteroatoms. The molecule has 0 bridgehead atoms. The van der Waals surface area contributed by atoms with Crippen molar-refractivity contribution >= 4 is 17.5 Å². The van der Waals surface area contributed by atoms with E-state index in [2.05, 4.69) is 5.10 Å². The third-order valence-corrected chi connectivity index (χ3v) is 3.72. The zero-order valence-corrected chi connectivity index (χ0v) is 11.6. The smallest absolute Gasteiger partial charge is 0.257 e. The number of hydrogen-bond donors (Lipinski definition) is 0. The molecule has 0 saturated heterocycles. The number of nitrogens with zero attached hydrogens (tertiary/aromatic N) is 3. The van der Waals surface area contributed by atoms with Gasteiger partial charge in [0, 0.05) is 31.7 Å². The van der Waals surface area contributed by atoms with Crippen LogP contribution in [0.15, 0.2) is 12.4 Å². The van der Waals surface area contributed by atoms with Gasteiger partial charge in [-0.05, 0) is 12.8 Å². The standard InChI is InChI=1S/C13H20ClN3O/c1-16-10-11(9-15-16)13(18)17(8-7-14)12-5-3-2-4-6-12/h9-10,12H,2-8H2,1H3. The van der Waals surface area contributed by atoms with Gasteiger partial charge in [0.15, 0.2) is 0 Å². The van der Waals surface area contributed by atoms with Crippen LogP contribution in [0.4, 0.5) is 0 Å². The molecule has 18 heavy (non-hydrogen) atoms. The Morgan fingerprint density at radius 3 is 2.78 bits per heavy atom. The van der Waals surface area contributed by atoms with Crippen molar-refractivity contribution in [1.29, 1.82) is 0 Å². The summed E-state index contributed by atoms with van der Waals surface area (Å²) in [6.45, 7) is 0.625. The number of rotatable bonds is 4. The minimum absolute atomic E-state index is 0.0654. The molecule has 1 amide bonds. The minimum Gasteiger partial charge on any atom is -0.334 e. The predicted octanol–water partition coefficient (Wildman–Crippen LogP) is 2.43. The fourth-order valence-corrected chi connectivity index (χ4v) is 2.81. The number of amides is 1. The lowest BCUT2D eigenvalue weighted by Crippen LogP contribution is -2.42. The van der Waals surface area contributed by atoms with Crippen LogP contribution in [0, 0.1) is 0 Å². The molecule has 0 atom stereocenters. The number of carbonyl (C=O) groups excluding carboxylic acids is 1. The van der Waals surface area contributed by atoms with Gasteiger partial charge in [0.05, 0.1) is 11.8 Å². The zero-order valence-electron chi connectivity index (χ0n) is 10.8. The van der Waals surface area contributed by atoms with E-state index in [9.17, 15) is 4.79 Å². The van der Waals surface area contributed by atoms with E-state index >= 15 is 0 Å². The molecule has 0 aliphatic heterocycles. The van der Waals surface area contributed by atoms with Crippen molar-refractivity contribution in [2.24, 2.45) is 7.05 Å². The first kappa shape index (κ1) is 13.4. The third kappa shape index (κ3) is 3.05. The fraction of sp³-hybridized carbons (Fsp3) is 0.692. The van der Waals surface area contributed by atoms with E-state index < -0.39 is 0 Å². The number of aromatic nitrogens is 2. The van der Waals surface area contributed by atoms with E-state index in [-0.39, 0.29) is 5.91 Å². The van der Waals surface area contributed by atoms with Gasteiger partial charge in [-0.2, -0.15) is 5.10 Å². The van der Waals surface area contributed by atoms with Crippen LogP contribution in [0.5, 0.6) is 0 Å². The molecule has 0 unspecified atom stereocenters. The highest BCUT2D eigenvalue weighted by Crippen LogP contribution is 2.24. The van der Waals surface area contributed by atoms with Crippen LogP contribution >= 0.6 is 11.6 Å². The molecule has 0 radical (unpaired) electrons. The number of halogens is 1. The van der Waals surface area contributed by atoms with Gasteiger partial charge in [-0.15, -0.1) is 11.6 Å². The molecule has 0 aromatic carbocycles. The molecule has 2 rings (SSSR count). The molecule has 1 aromatic rings. The average Bonchev–Trinajstić information content (AvgIpc) is 2.83. The Balaban J connectivity index is 2.10. The third-order valence-electron chi connectivity index (χ3n) is 3.55. The summed E-state index contributed by atoms with van der Waals surface area (Å²) >= 11 is 5.84. The summed E-state index contributed by atoms with van der Waals surface area (Å²) in [4.78, 5) is 14.4. The molecule has 0 spiro atoms. The highest BCUT2D eigenvalue weighted by molar-refractivity contribution is 6.18. The van der Waals surface area contributed by atoms with E-state index in [4.69, 9.17) is 11.6 Å². The highest BCUT2D eigenvalue weighted by atomic mass is 35.5. The van der Waals surface area contributed by atoms with Crippen molar-refractivity contribution in [1.82, 2.24) is 14.7 Å². The van der Waals surface area contributed by atoms with Crippen molar-refractivity contribution in [3.05, 3.63) is 18.0 Å². The predicted molar refractivity (Wildman–Crippen MR) is 71.8 cm³/mol. The molecule has 1 aromatic heterocycles. The number of aryl methyl sites for hydroxylation is 1. The molecule has 1 aliphatic rings. The SMILES string of the molecule is Cn1cc(C(=O)N(CCCl)C2CCCCC2)cn1. The van der Waals surface area contributed by atoms with Crippen molar-refractivity contribution in [2.45, 2.75) is 38.1 Å². The van der Waals surface area contributed by atoms with E-state index in [0.29, 0.717) is 24.0 Å². The molecular weight excluding hydrogens is 250 g/mol. The van der Waals surface area contributed by atoms with Crippen LogP contribution in [0.3, 0.4) is 0 Å². The Morgan fingerprint density at radius 2 is 2.22 bits per heavy atom. The summed E-state index contributed by atoms with van der Waals surface area (Å²) in [5, 5.41) is 4.06. The van der Waals surface area contributed by atoms with Gasteiger partial charge in [-0.3, -0.25) is 9.48 Å². The number of hydrogen-bond acceptors (Lipinski definition) is 2. The van der Waals surface area contributed by atoms with Crippen LogP contribution in [-0.4, -0.2) is 39.1 Å². The maximum absolute atomic E-state index is 12.5. The van der Waals surface area contributed by atoms with Crippen molar-refractivity contribution in [3.8, 4) is 0 Å². The molecule has 4 nitrogen and oxygen atoms in total. The van der Waals surface area contributed by atoms with E-state index in [1.807, 2.05) is 11.9 Å². The van der Waals surface area contributed by atoms with Gasteiger partial charge in [-0.25, -0.2) is 0 Å². The first-order valence-electron chi connectivity index (χ1n) is 6.58. The van der Waals surface area contributed by atoms with Gasteiger partial charge < -0.3 is 4.90 Å². The summed E-state index contributed by atoms with van der Waals surface area (Å²) in [6, 6.07) is 0.352. The van der Waals surface area contributed by atoms with Crippen LogP contribution in [-0.2, 0) is 7.05 Å². The Hall–Kier alpha value is -1.03. The topological polar surface area (TPSA) is 38.1 Å². The van der Waals surface area contributed by atoms with Gasteiger partial charge in [-0.1, -0.05) is 19.3 Å². The molecule has 1 heterocycles. The second kappa shape index (κ2) is 6.23. The minimum atomic E-state index is 0.0654. The van der Waals surface area contributed by atoms with Gasteiger partial charge in [0.2, 0.25) is 0 Å². The second-order valence-electron chi connectivity index (χ2n) is 4.88. The van der Waals surface area contributed by atoms with Gasteiger partial charge in [0.1, 0.15) is 0 Å². The van der Waals surface area contributed by atoms with Crippen LogP contribution in [0.25, 0.3) is 0 Å².